The highest BCUT2D eigenvalue weighted by atomic mass is 35.5. The Hall–Kier alpha value is -0.850. The molecule has 1 aliphatic rings. The first-order valence-corrected chi connectivity index (χ1v) is 8.08. The van der Waals surface area contributed by atoms with Crippen molar-refractivity contribution in [1.82, 2.24) is 9.88 Å². The van der Waals surface area contributed by atoms with Crippen molar-refractivity contribution < 1.29 is 4.79 Å². The molecule has 0 aliphatic carbocycles. The molecule has 2 rings (SSSR count). The second kappa shape index (κ2) is 7.96. The summed E-state index contributed by atoms with van der Waals surface area (Å²) in [5, 5.41) is 1.07. The fraction of sp³-hybridized carbons (Fsp3) is 0.714. The van der Waals surface area contributed by atoms with Crippen molar-refractivity contribution in [2.45, 2.75) is 33.2 Å². The summed E-state index contributed by atoms with van der Waals surface area (Å²) in [6.07, 6.45) is 2.98. The quantitative estimate of drug-likeness (QED) is 0.912. The number of nitrogens with two attached hydrogens (primary N) is 1. The fourth-order valence-electron chi connectivity index (χ4n) is 2.22. The second-order valence-electron chi connectivity index (χ2n) is 5.54. The van der Waals surface area contributed by atoms with Crippen LogP contribution in [0.4, 0.5) is 5.13 Å². The third kappa shape index (κ3) is 4.31. The maximum Gasteiger partial charge on any atom is 0.239 e. The number of rotatable bonds is 4. The number of halogens is 1. The number of hydrogen-bond acceptors (Lipinski definition) is 5. The summed E-state index contributed by atoms with van der Waals surface area (Å²) in [6.45, 7) is 9.27. The zero-order valence-electron chi connectivity index (χ0n) is 12.9. The molecule has 7 heteroatoms. The molecule has 1 aromatic heterocycles. The van der Waals surface area contributed by atoms with Crippen molar-refractivity contribution in [2.75, 3.05) is 31.1 Å². The molecule has 0 spiro atoms. The number of anilines is 1. The van der Waals surface area contributed by atoms with Gasteiger partial charge in [0, 0.05) is 37.3 Å². The van der Waals surface area contributed by atoms with Gasteiger partial charge in [-0.1, -0.05) is 20.8 Å². The van der Waals surface area contributed by atoms with E-state index in [4.69, 9.17) is 5.73 Å². The van der Waals surface area contributed by atoms with Gasteiger partial charge >= 0.3 is 0 Å². The summed E-state index contributed by atoms with van der Waals surface area (Å²) in [5.74, 6) is 0.264. The molecule has 120 valence electrons. The summed E-state index contributed by atoms with van der Waals surface area (Å²) in [4.78, 5) is 22.1. The zero-order chi connectivity index (χ0) is 14.7. The van der Waals surface area contributed by atoms with Crippen molar-refractivity contribution in [3.8, 4) is 0 Å². The molecule has 1 aliphatic heterocycles. The van der Waals surface area contributed by atoms with Gasteiger partial charge in [-0.05, 0) is 12.3 Å². The molecule has 2 heterocycles. The van der Waals surface area contributed by atoms with Crippen LogP contribution in [0.2, 0.25) is 0 Å². The molecule has 0 radical (unpaired) electrons. The van der Waals surface area contributed by atoms with Crippen LogP contribution < -0.4 is 10.6 Å². The van der Waals surface area contributed by atoms with Gasteiger partial charge in [0.2, 0.25) is 5.91 Å². The van der Waals surface area contributed by atoms with Crippen LogP contribution in [0.3, 0.4) is 0 Å². The van der Waals surface area contributed by atoms with E-state index in [-0.39, 0.29) is 30.3 Å². The average molecular weight is 333 g/mol. The Morgan fingerprint density at radius 3 is 2.48 bits per heavy atom. The molecule has 1 fully saturated rings. The number of amides is 1. The van der Waals surface area contributed by atoms with Gasteiger partial charge in [0.15, 0.2) is 5.13 Å². The van der Waals surface area contributed by atoms with E-state index in [1.165, 1.54) is 4.88 Å². The van der Waals surface area contributed by atoms with Gasteiger partial charge in [0.25, 0.3) is 0 Å². The number of piperazine rings is 1. The molecule has 0 bridgehead atoms. The van der Waals surface area contributed by atoms with Crippen molar-refractivity contribution in [1.29, 1.82) is 0 Å². The van der Waals surface area contributed by atoms with E-state index in [1.54, 1.807) is 11.3 Å². The summed E-state index contributed by atoms with van der Waals surface area (Å²) in [7, 11) is 0. The van der Waals surface area contributed by atoms with Crippen LogP contribution in [0.5, 0.6) is 0 Å². The lowest BCUT2D eigenvalue weighted by atomic mass is 10.0. The van der Waals surface area contributed by atoms with E-state index in [1.807, 2.05) is 24.9 Å². The Morgan fingerprint density at radius 1 is 1.38 bits per heavy atom. The van der Waals surface area contributed by atoms with Crippen LogP contribution in [0.25, 0.3) is 0 Å². The smallest absolute Gasteiger partial charge is 0.239 e. The van der Waals surface area contributed by atoms with E-state index in [9.17, 15) is 4.79 Å². The number of aryl methyl sites for hydroxylation is 1. The number of nitrogens with zero attached hydrogens (tertiary/aromatic N) is 3. The Bertz CT molecular complexity index is 458. The minimum Gasteiger partial charge on any atom is -0.345 e. The number of carbonyl (C=O) groups is 1. The number of thiazole rings is 1. The Kier molecular flexibility index (Phi) is 6.90. The minimum absolute atomic E-state index is 0. The molecular formula is C14H25ClN4OS. The molecule has 0 aromatic carbocycles. The van der Waals surface area contributed by atoms with E-state index >= 15 is 0 Å². The number of carbonyl (C=O) groups excluding carboxylic acids is 1. The van der Waals surface area contributed by atoms with Crippen LogP contribution in [-0.2, 0) is 11.2 Å². The highest BCUT2D eigenvalue weighted by Crippen LogP contribution is 2.24. The Balaban J connectivity index is 0.00000220. The molecule has 0 saturated carbocycles. The lowest BCUT2D eigenvalue weighted by molar-refractivity contribution is -0.133. The van der Waals surface area contributed by atoms with Crippen LogP contribution in [-0.4, -0.2) is 48.0 Å². The largest absolute Gasteiger partial charge is 0.345 e. The molecule has 1 aromatic rings. The maximum absolute atomic E-state index is 12.2. The third-order valence-electron chi connectivity index (χ3n) is 3.76. The van der Waals surface area contributed by atoms with Crippen LogP contribution in [0, 0.1) is 5.92 Å². The average Bonchev–Trinajstić information content (AvgIpc) is 2.94. The SMILES string of the molecule is CCc1cnc(N2CCN(C(=O)[C@@H](N)C(C)C)CC2)s1.Cl. The van der Waals surface area contributed by atoms with Crippen LogP contribution in [0.1, 0.15) is 25.6 Å². The first-order chi connectivity index (χ1) is 9.52. The number of aromatic nitrogens is 1. The maximum atomic E-state index is 12.2. The van der Waals surface area contributed by atoms with Crippen molar-refractivity contribution in [3.63, 3.8) is 0 Å². The minimum atomic E-state index is -0.381. The Morgan fingerprint density at radius 2 is 2.00 bits per heavy atom. The molecule has 1 saturated heterocycles. The van der Waals surface area contributed by atoms with Gasteiger partial charge in [-0.15, -0.1) is 23.7 Å². The molecule has 2 N–H and O–H groups in total. The fourth-order valence-corrected chi connectivity index (χ4v) is 3.12. The first kappa shape index (κ1) is 18.2. The van der Waals surface area contributed by atoms with E-state index in [2.05, 4.69) is 16.8 Å². The highest BCUT2D eigenvalue weighted by Gasteiger charge is 2.27. The first-order valence-electron chi connectivity index (χ1n) is 7.27. The molecule has 0 unspecified atom stereocenters. The second-order valence-corrected chi connectivity index (χ2v) is 6.64. The predicted molar refractivity (Wildman–Crippen MR) is 90.3 cm³/mol. The van der Waals surface area contributed by atoms with Gasteiger partial charge in [-0.25, -0.2) is 4.98 Å². The lowest BCUT2D eigenvalue weighted by Crippen LogP contribution is -2.54. The highest BCUT2D eigenvalue weighted by molar-refractivity contribution is 7.15. The standard InChI is InChI=1S/C14H24N4OS.ClH/c1-4-11-9-16-14(20-11)18-7-5-17(6-8-18)13(19)12(15)10(2)3;/h9-10,12H,4-8,15H2,1-3H3;1H/t12-;/m0./s1. The van der Waals surface area contributed by atoms with E-state index in [0.717, 1.165) is 37.7 Å². The molecule has 1 atom stereocenters. The van der Waals surface area contributed by atoms with Crippen molar-refractivity contribution in [2.24, 2.45) is 11.7 Å². The molecular weight excluding hydrogens is 308 g/mol. The summed E-state index contributed by atoms with van der Waals surface area (Å²) in [6, 6.07) is -0.381. The van der Waals surface area contributed by atoms with Crippen molar-refractivity contribution >= 4 is 34.8 Å². The zero-order valence-corrected chi connectivity index (χ0v) is 14.5. The van der Waals surface area contributed by atoms with Gasteiger partial charge in [-0.2, -0.15) is 0 Å². The summed E-state index contributed by atoms with van der Waals surface area (Å²) < 4.78 is 0. The molecule has 1 amide bonds. The van der Waals surface area contributed by atoms with Crippen LogP contribution >= 0.6 is 23.7 Å². The van der Waals surface area contributed by atoms with Gasteiger partial charge < -0.3 is 15.5 Å². The monoisotopic (exact) mass is 332 g/mol. The number of hydrogen-bond donors (Lipinski definition) is 1. The molecule has 21 heavy (non-hydrogen) atoms. The predicted octanol–water partition coefficient (Wildman–Crippen LogP) is 1.76. The normalized spacial score (nSPS) is 16.8. The van der Waals surface area contributed by atoms with Gasteiger partial charge in [-0.3, -0.25) is 4.79 Å². The summed E-state index contributed by atoms with van der Waals surface area (Å²) >= 11 is 1.75. The van der Waals surface area contributed by atoms with Gasteiger partial charge in [0.05, 0.1) is 6.04 Å². The van der Waals surface area contributed by atoms with Crippen LogP contribution in [0.15, 0.2) is 6.20 Å². The lowest BCUT2D eigenvalue weighted by Gasteiger charge is -2.36. The van der Waals surface area contributed by atoms with Crippen molar-refractivity contribution in [3.05, 3.63) is 11.1 Å². The third-order valence-corrected chi connectivity index (χ3v) is 4.96. The molecule has 5 nitrogen and oxygen atoms in total. The van der Waals surface area contributed by atoms with Gasteiger partial charge in [0.1, 0.15) is 0 Å². The summed E-state index contributed by atoms with van der Waals surface area (Å²) in [5.41, 5.74) is 5.94. The Labute approximate surface area is 136 Å². The van der Waals surface area contributed by atoms with E-state index < -0.39 is 0 Å². The topological polar surface area (TPSA) is 62.5 Å². The van der Waals surface area contributed by atoms with E-state index in [0.29, 0.717) is 0 Å².